The minimum atomic E-state index is -0.433. The minimum Gasteiger partial charge on any atom is -0.497 e. The lowest BCUT2D eigenvalue weighted by molar-refractivity contribution is 0.0539. The van der Waals surface area contributed by atoms with Gasteiger partial charge in [0, 0.05) is 24.8 Å². The predicted octanol–water partition coefficient (Wildman–Crippen LogP) is 3.66. The lowest BCUT2D eigenvalue weighted by atomic mass is 10.1. The van der Waals surface area contributed by atoms with Gasteiger partial charge in [0.15, 0.2) is 5.69 Å². The summed E-state index contributed by atoms with van der Waals surface area (Å²) in [5.74, 6) is -0.0218. The summed E-state index contributed by atoms with van der Waals surface area (Å²) in [6, 6.07) is 9.63. The molecule has 1 saturated heterocycles. The number of nitrogens with zero attached hydrogens (tertiary/aromatic N) is 4. The third-order valence-corrected chi connectivity index (χ3v) is 6.82. The number of ether oxygens (including phenoxy) is 1. The third kappa shape index (κ3) is 4.82. The Balaban J connectivity index is 1.27. The highest BCUT2D eigenvalue weighted by atomic mass is 32.1. The Bertz CT molecular complexity index is 1440. The van der Waals surface area contributed by atoms with Crippen molar-refractivity contribution < 1.29 is 18.7 Å². The van der Waals surface area contributed by atoms with Crippen molar-refractivity contribution in [1.29, 1.82) is 0 Å². The van der Waals surface area contributed by atoms with Gasteiger partial charge >= 0.3 is 0 Å². The molecule has 2 amide bonds. The summed E-state index contributed by atoms with van der Waals surface area (Å²) in [6.45, 7) is 2.59. The summed E-state index contributed by atoms with van der Waals surface area (Å²) in [5, 5.41) is 7.94. The average molecular weight is 507 g/mol. The molecule has 4 heterocycles. The van der Waals surface area contributed by atoms with E-state index in [1.807, 2.05) is 18.4 Å². The molecule has 1 aromatic carbocycles. The molecule has 1 fully saturated rings. The smallest absolute Gasteiger partial charge is 0.274 e. The number of anilines is 1. The highest BCUT2D eigenvalue weighted by molar-refractivity contribution is 7.17. The summed E-state index contributed by atoms with van der Waals surface area (Å²) in [4.78, 5) is 40.4. The molecule has 4 aromatic rings. The van der Waals surface area contributed by atoms with Crippen LogP contribution < -0.4 is 15.4 Å². The van der Waals surface area contributed by atoms with Gasteiger partial charge in [-0.25, -0.2) is 14.4 Å². The van der Waals surface area contributed by atoms with Crippen LogP contribution in [0.2, 0.25) is 0 Å². The molecule has 1 aliphatic rings. The fraction of sp³-hybridized carbons (Fsp3) is 0.240. The molecule has 184 valence electrons. The van der Waals surface area contributed by atoms with Gasteiger partial charge < -0.3 is 20.3 Å². The molecule has 1 aliphatic heterocycles. The van der Waals surface area contributed by atoms with Gasteiger partial charge in [-0.05, 0) is 48.2 Å². The molecule has 2 N–H and O–H groups in total. The van der Waals surface area contributed by atoms with E-state index in [4.69, 9.17) is 4.74 Å². The first-order valence-electron chi connectivity index (χ1n) is 11.3. The van der Waals surface area contributed by atoms with Crippen molar-refractivity contribution in [2.45, 2.75) is 19.0 Å². The number of hydrogen-bond donors (Lipinski definition) is 2. The largest absolute Gasteiger partial charge is 0.497 e. The predicted molar refractivity (Wildman–Crippen MR) is 134 cm³/mol. The zero-order valence-electron chi connectivity index (χ0n) is 19.6. The molecule has 3 aromatic heterocycles. The molecule has 11 heteroatoms. The van der Waals surface area contributed by atoms with Crippen molar-refractivity contribution in [3.05, 3.63) is 76.8 Å². The van der Waals surface area contributed by atoms with Crippen LogP contribution in [0, 0.1) is 5.82 Å². The highest BCUT2D eigenvalue weighted by Crippen LogP contribution is 2.27. The molecule has 0 unspecified atom stereocenters. The second-order valence-electron chi connectivity index (χ2n) is 8.45. The summed E-state index contributed by atoms with van der Waals surface area (Å²) >= 11 is 1.39. The average Bonchev–Trinajstić information content (AvgIpc) is 3.33. The van der Waals surface area contributed by atoms with Gasteiger partial charge in [0.05, 0.1) is 35.6 Å². The Morgan fingerprint density at radius 2 is 2.03 bits per heavy atom. The maximum Gasteiger partial charge on any atom is 0.274 e. The number of likely N-dealkylation sites (tertiary alicyclic amines) is 1. The van der Waals surface area contributed by atoms with Gasteiger partial charge in [-0.3, -0.25) is 14.6 Å². The molecule has 36 heavy (non-hydrogen) atoms. The number of fused-ring (bicyclic) bond motifs is 1. The van der Waals surface area contributed by atoms with E-state index < -0.39 is 5.82 Å². The van der Waals surface area contributed by atoms with Gasteiger partial charge in [-0.1, -0.05) is 6.07 Å². The first-order chi connectivity index (χ1) is 17.4. The van der Waals surface area contributed by atoms with E-state index in [9.17, 15) is 14.0 Å². The second kappa shape index (κ2) is 9.86. The van der Waals surface area contributed by atoms with Gasteiger partial charge in [0.25, 0.3) is 11.8 Å². The van der Waals surface area contributed by atoms with Crippen LogP contribution >= 0.6 is 11.3 Å². The normalized spacial score (nSPS) is 14.2. The van der Waals surface area contributed by atoms with Crippen LogP contribution in [0.15, 0.2) is 54.2 Å². The molecule has 9 nitrogen and oxygen atoms in total. The fourth-order valence-corrected chi connectivity index (χ4v) is 4.75. The summed E-state index contributed by atoms with van der Waals surface area (Å²) < 4.78 is 19.4. The molecule has 0 aliphatic carbocycles. The van der Waals surface area contributed by atoms with E-state index in [2.05, 4.69) is 25.6 Å². The quantitative estimate of drug-likeness (QED) is 0.394. The maximum atomic E-state index is 13.6. The van der Waals surface area contributed by atoms with Crippen LogP contribution in [0.3, 0.4) is 0 Å². The number of rotatable bonds is 7. The van der Waals surface area contributed by atoms with E-state index in [-0.39, 0.29) is 29.8 Å². The van der Waals surface area contributed by atoms with Gasteiger partial charge in [0.2, 0.25) is 5.95 Å². The topological polar surface area (TPSA) is 109 Å². The third-order valence-electron chi connectivity index (χ3n) is 5.91. The number of hydrogen-bond acceptors (Lipinski definition) is 8. The van der Waals surface area contributed by atoms with E-state index in [1.54, 1.807) is 42.5 Å². The molecular formula is C25H23FN6O3S. The SMILES string of the molecule is COc1cccc(C(=O)NC2CN(C(=O)c3nc(N[C@@H](C)c4cncc(F)c4)nc4ccsc34)C2)c1. The van der Waals surface area contributed by atoms with Crippen LogP contribution in [-0.4, -0.2) is 57.9 Å². The van der Waals surface area contributed by atoms with Crippen molar-refractivity contribution in [1.82, 2.24) is 25.2 Å². The van der Waals surface area contributed by atoms with Gasteiger partial charge in [-0.15, -0.1) is 11.3 Å². The monoisotopic (exact) mass is 506 g/mol. The number of benzene rings is 1. The number of nitrogens with one attached hydrogen (secondary N) is 2. The number of pyridine rings is 1. The second-order valence-corrected chi connectivity index (χ2v) is 9.36. The van der Waals surface area contributed by atoms with Crippen LogP contribution in [0.4, 0.5) is 10.3 Å². The Morgan fingerprint density at radius 1 is 1.19 bits per heavy atom. The number of amides is 2. The molecule has 0 saturated carbocycles. The minimum absolute atomic E-state index is 0.161. The van der Waals surface area contributed by atoms with Crippen LogP contribution in [0.5, 0.6) is 5.75 Å². The molecule has 1 atom stereocenters. The molecule has 0 spiro atoms. The summed E-state index contributed by atoms with van der Waals surface area (Å²) in [6.07, 6.45) is 2.70. The fourth-order valence-electron chi connectivity index (χ4n) is 3.93. The molecule has 0 radical (unpaired) electrons. The standard InChI is InChI=1S/C25H23FN6O3S/c1-14(16-8-17(26)11-27-10-16)28-25-30-20-6-7-36-22(20)21(31-25)24(34)32-12-18(13-32)29-23(33)15-4-3-5-19(9-15)35-2/h3-11,14,18H,12-13H2,1-2H3,(H,29,33)(H,28,30,31)/t14-/m0/s1. The number of halogens is 1. The Hall–Kier alpha value is -4.12. The lowest BCUT2D eigenvalue weighted by Crippen LogP contribution is -2.61. The number of methoxy groups -OCH3 is 1. The summed E-state index contributed by atoms with van der Waals surface area (Å²) in [5.41, 5.74) is 2.07. The highest BCUT2D eigenvalue weighted by Gasteiger charge is 2.34. The number of carbonyl (C=O) groups is 2. The Kier molecular flexibility index (Phi) is 6.47. The van der Waals surface area contributed by atoms with E-state index in [0.717, 1.165) is 6.20 Å². The van der Waals surface area contributed by atoms with Gasteiger partial charge in [0.1, 0.15) is 11.6 Å². The number of aromatic nitrogens is 3. The Labute approximate surface area is 210 Å². The lowest BCUT2D eigenvalue weighted by Gasteiger charge is -2.39. The van der Waals surface area contributed by atoms with Crippen molar-refractivity contribution in [2.75, 3.05) is 25.5 Å². The molecular weight excluding hydrogens is 483 g/mol. The summed E-state index contributed by atoms with van der Waals surface area (Å²) in [7, 11) is 1.55. The van der Waals surface area contributed by atoms with E-state index >= 15 is 0 Å². The van der Waals surface area contributed by atoms with E-state index in [1.165, 1.54) is 17.4 Å². The van der Waals surface area contributed by atoms with Gasteiger partial charge in [-0.2, -0.15) is 0 Å². The zero-order valence-corrected chi connectivity index (χ0v) is 20.4. The van der Waals surface area contributed by atoms with Crippen LogP contribution in [-0.2, 0) is 0 Å². The first-order valence-corrected chi connectivity index (χ1v) is 12.2. The Morgan fingerprint density at radius 3 is 2.81 bits per heavy atom. The molecule has 5 rings (SSSR count). The number of carbonyl (C=O) groups excluding carboxylic acids is 2. The number of thiophene rings is 1. The molecule has 0 bridgehead atoms. The van der Waals surface area contributed by atoms with Crippen molar-refractivity contribution >= 4 is 39.3 Å². The van der Waals surface area contributed by atoms with Crippen LogP contribution in [0.1, 0.15) is 39.4 Å². The first kappa shape index (κ1) is 23.6. The van der Waals surface area contributed by atoms with Crippen molar-refractivity contribution in [3.8, 4) is 5.75 Å². The van der Waals surface area contributed by atoms with Crippen molar-refractivity contribution in [2.24, 2.45) is 0 Å². The maximum absolute atomic E-state index is 13.6. The zero-order chi connectivity index (χ0) is 25.2. The van der Waals surface area contributed by atoms with Crippen LogP contribution in [0.25, 0.3) is 10.2 Å². The van der Waals surface area contributed by atoms with Crippen molar-refractivity contribution in [3.63, 3.8) is 0 Å². The van der Waals surface area contributed by atoms with E-state index in [0.29, 0.717) is 45.9 Å².